The highest BCUT2D eigenvalue weighted by Crippen LogP contribution is 2.26. The van der Waals surface area contributed by atoms with Crippen LogP contribution >= 0.6 is 11.3 Å². The summed E-state index contributed by atoms with van der Waals surface area (Å²) in [6, 6.07) is 19.3. The van der Waals surface area contributed by atoms with E-state index in [4.69, 9.17) is 11.5 Å². The predicted octanol–water partition coefficient (Wildman–Crippen LogP) is 3.16. The monoisotopic (exact) mass is 321 g/mol. The lowest BCUT2D eigenvalue weighted by Gasteiger charge is -1.99. The number of nitrogens with zero attached hydrogens (tertiary/aromatic N) is 3. The van der Waals surface area contributed by atoms with Crippen molar-refractivity contribution in [3.05, 3.63) is 71.6 Å². The molecule has 0 spiro atoms. The van der Waals surface area contributed by atoms with Crippen molar-refractivity contribution < 1.29 is 0 Å². The van der Waals surface area contributed by atoms with Gasteiger partial charge in [0.15, 0.2) is 0 Å². The van der Waals surface area contributed by atoms with Crippen LogP contribution in [0.25, 0.3) is 11.3 Å². The van der Waals surface area contributed by atoms with Crippen LogP contribution in [0, 0.1) is 0 Å². The zero-order valence-electron chi connectivity index (χ0n) is 12.3. The van der Waals surface area contributed by atoms with Crippen LogP contribution in [0.2, 0.25) is 0 Å². The fourth-order valence-corrected chi connectivity index (χ4v) is 2.68. The Balaban J connectivity index is 1.80. The SMILES string of the molecule is N/C(=N\C(N)=N\c1nc(-c2ccccc2)cs1)c1ccccc1. The number of aliphatic imine (C=N–C) groups is 2. The predicted molar refractivity (Wildman–Crippen MR) is 96.0 cm³/mol. The zero-order chi connectivity index (χ0) is 16.1. The molecule has 1 heterocycles. The fraction of sp³-hybridized carbons (Fsp3) is 0. The summed E-state index contributed by atoms with van der Waals surface area (Å²) in [7, 11) is 0. The van der Waals surface area contributed by atoms with Crippen LogP contribution in [0.15, 0.2) is 76.0 Å². The first-order valence-electron chi connectivity index (χ1n) is 6.97. The number of hydrogen-bond acceptors (Lipinski definition) is 3. The van der Waals surface area contributed by atoms with Gasteiger partial charge in [0.05, 0.1) is 5.69 Å². The summed E-state index contributed by atoms with van der Waals surface area (Å²) in [5.74, 6) is 0.409. The van der Waals surface area contributed by atoms with E-state index in [0.29, 0.717) is 11.0 Å². The quantitative estimate of drug-likeness (QED) is 0.573. The third kappa shape index (κ3) is 3.81. The summed E-state index contributed by atoms with van der Waals surface area (Å²) < 4.78 is 0. The smallest absolute Gasteiger partial charge is 0.224 e. The lowest BCUT2D eigenvalue weighted by Crippen LogP contribution is -2.19. The van der Waals surface area contributed by atoms with Gasteiger partial charge in [0.25, 0.3) is 0 Å². The van der Waals surface area contributed by atoms with Crippen molar-refractivity contribution in [2.75, 3.05) is 0 Å². The fourth-order valence-electron chi connectivity index (χ4n) is 1.98. The van der Waals surface area contributed by atoms with E-state index in [2.05, 4.69) is 15.0 Å². The highest BCUT2D eigenvalue weighted by atomic mass is 32.1. The Morgan fingerprint density at radius 1 is 0.913 bits per heavy atom. The van der Waals surface area contributed by atoms with Crippen molar-refractivity contribution in [1.29, 1.82) is 0 Å². The maximum Gasteiger partial charge on any atom is 0.224 e. The van der Waals surface area contributed by atoms with E-state index >= 15 is 0 Å². The molecule has 0 unspecified atom stereocenters. The number of nitrogens with two attached hydrogens (primary N) is 2. The van der Waals surface area contributed by atoms with E-state index in [1.165, 1.54) is 11.3 Å². The van der Waals surface area contributed by atoms with E-state index in [1.54, 1.807) is 0 Å². The van der Waals surface area contributed by atoms with Crippen molar-refractivity contribution in [3.63, 3.8) is 0 Å². The summed E-state index contributed by atoms with van der Waals surface area (Å²) in [6.45, 7) is 0. The average molecular weight is 321 g/mol. The van der Waals surface area contributed by atoms with E-state index in [9.17, 15) is 0 Å². The first kappa shape index (κ1) is 14.9. The van der Waals surface area contributed by atoms with Gasteiger partial charge >= 0.3 is 0 Å². The molecule has 2 aromatic carbocycles. The Morgan fingerprint density at radius 3 is 2.26 bits per heavy atom. The van der Waals surface area contributed by atoms with Crippen LogP contribution < -0.4 is 11.5 Å². The molecule has 114 valence electrons. The standard InChI is InChI=1S/C17H15N5S/c18-15(13-9-5-2-6-10-13)21-16(19)22-17-20-14(11-23-17)12-7-3-1-4-8-12/h1-11H,(H4,18,19,20,21,22). The normalized spacial score (nSPS) is 12.3. The van der Waals surface area contributed by atoms with Crippen LogP contribution in [-0.4, -0.2) is 16.8 Å². The van der Waals surface area contributed by atoms with E-state index in [0.717, 1.165) is 16.8 Å². The molecule has 6 heteroatoms. The number of aromatic nitrogens is 1. The van der Waals surface area contributed by atoms with Crippen molar-refractivity contribution in [1.82, 2.24) is 4.98 Å². The Labute approximate surface area is 138 Å². The third-order valence-electron chi connectivity index (χ3n) is 3.08. The van der Waals surface area contributed by atoms with Gasteiger partial charge in [-0.15, -0.1) is 11.3 Å². The first-order valence-corrected chi connectivity index (χ1v) is 7.85. The highest BCUT2D eigenvalue weighted by Gasteiger charge is 2.04. The maximum absolute atomic E-state index is 5.92. The van der Waals surface area contributed by atoms with Crippen LogP contribution in [0.5, 0.6) is 0 Å². The molecular weight excluding hydrogens is 306 g/mol. The molecule has 0 saturated heterocycles. The summed E-state index contributed by atoms with van der Waals surface area (Å²) in [5.41, 5.74) is 14.5. The lowest BCUT2D eigenvalue weighted by atomic mass is 10.2. The van der Waals surface area contributed by atoms with Crippen molar-refractivity contribution >= 4 is 28.3 Å². The van der Waals surface area contributed by atoms with Gasteiger partial charge in [-0.3, -0.25) is 0 Å². The van der Waals surface area contributed by atoms with Gasteiger partial charge in [0.2, 0.25) is 11.1 Å². The van der Waals surface area contributed by atoms with Crippen LogP contribution in [0.3, 0.4) is 0 Å². The van der Waals surface area contributed by atoms with Gasteiger partial charge < -0.3 is 11.5 Å². The van der Waals surface area contributed by atoms with Gasteiger partial charge in [-0.2, -0.15) is 9.98 Å². The Kier molecular flexibility index (Phi) is 4.44. The molecular formula is C17H15N5S. The molecule has 0 saturated carbocycles. The number of benzene rings is 2. The molecule has 0 amide bonds. The summed E-state index contributed by atoms with van der Waals surface area (Å²) in [6.07, 6.45) is 0. The maximum atomic E-state index is 5.92. The number of hydrogen-bond donors (Lipinski definition) is 2. The minimum atomic E-state index is 0.0836. The van der Waals surface area contributed by atoms with Gasteiger partial charge in [0.1, 0.15) is 5.84 Å². The van der Waals surface area contributed by atoms with E-state index < -0.39 is 0 Å². The molecule has 5 nitrogen and oxygen atoms in total. The zero-order valence-corrected chi connectivity index (χ0v) is 13.1. The molecule has 4 N–H and O–H groups in total. The molecule has 23 heavy (non-hydrogen) atoms. The van der Waals surface area contributed by atoms with Gasteiger partial charge in [-0.1, -0.05) is 60.7 Å². The molecule has 3 aromatic rings. The van der Waals surface area contributed by atoms with Gasteiger partial charge in [0, 0.05) is 16.5 Å². The summed E-state index contributed by atoms with van der Waals surface area (Å²) >= 11 is 1.41. The number of amidine groups is 1. The molecule has 0 aliphatic heterocycles. The Morgan fingerprint density at radius 2 is 1.57 bits per heavy atom. The minimum absolute atomic E-state index is 0.0836. The molecule has 0 atom stereocenters. The van der Waals surface area contributed by atoms with E-state index in [-0.39, 0.29) is 5.96 Å². The van der Waals surface area contributed by atoms with Crippen molar-refractivity contribution in [2.45, 2.75) is 0 Å². The Hall–Kier alpha value is -2.99. The second kappa shape index (κ2) is 6.85. The number of thiazole rings is 1. The first-order chi connectivity index (χ1) is 11.2. The topological polar surface area (TPSA) is 89.6 Å². The van der Waals surface area contributed by atoms with Crippen LogP contribution in [-0.2, 0) is 0 Å². The second-order valence-electron chi connectivity index (χ2n) is 4.71. The average Bonchev–Trinajstić information content (AvgIpc) is 3.04. The molecule has 0 fully saturated rings. The summed E-state index contributed by atoms with van der Waals surface area (Å²) in [4.78, 5) is 12.8. The Bertz CT molecular complexity index is 838. The lowest BCUT2D eigenvalue weighted by molar-refractivity contribution is 1.32. The van der Waals surface area contributed by atoms with Crippen LogP contribution in [0.4, 0.5) is 5.13 Å². The third-order valence-corrected chi connectivity index (χ3v) is 3.81. The molecule has 3 rings (SSSR count). The number of guanidine groups is 1. The second-order valence-corrected chi connectivity index (χ2v) is 5.55. The molecule has 0 radical (unpaired) electrons. The highest BCUT2D eigenvalue weighted by molar-refractivity contribution is 7.13. The molecule has 0 bridgehead atoms. The molecule has 0 aliphatic rings. The minimum Gasteiger partial charge on any atom is -0.383 e. The number of rotatable bonds is 3. The molecule has 0 aliphatic carbocycles. The van der Waals surface area contributed by atoms with Crippen molar-refractivity contribution in [3.8, 4) is 11.3 Å². The van der Waals surface area contributed by atoms with E-state index in [1.807, 2.05) is 66.0 Å². The van der Waals surface area contributed by atoms with Crippen molar-refractivity contribution in [2.24, 2.45) is 21.5 Å². The summed E-state index contributed by atoms with van der Waals surface area (Å²) in [5, 5.41) is 2.48. The van der Waals surface area contributed by atoms with Crippen LogP contribution in [0.1, 0.15) is 5.56 Å². The van der Waals surface area contributed by atoms with Gasteiger partial charge in [-0.25, -0.2) is 4.98 Å². The molecule has 1 aromatic heterocycles. The van der Waals surface area contributed by atoms with Gasteiger partial charge in [-0.05, 0) is 0 Å². The largest absolute Gasteiger partial charge is 0.383 e.